The number of hydrogen-bond acceptors (Lipinski definition) is 9. The first-order chi connectivity index (χ1) is 22.2. The minimum atomic E-state index is -4.34. The number of phenols is 1. The minimum absolute atomic E-state index is 0.0171. The number of piperazine rings is 1. The molecule has 0 bridgehead atoms. The number of hydrogen-bond donors (Lipinski definition) is 1. The number of halogens is 2. The van der Waals surface area contributed by atoms with Crippen molar-refractivity contribution in [1.82, 2.24) is 19.4 Å². The fraction of sp³-hybridized carbons (Fsp3) is 0.303. The van der Waals surface area contributed by atoms with E-state index in [0.29, 0.717) is 11.3 Å². The van der Waals surface area contributed by atoms with Gasteiger partial charge in [-0.1, -0.05) is 26.5 Å². The van der Waals surface area contributed by atoms with Gasteiger partial charge in [-0.05, 0) is 48.7 Å². The lowest BCUT2D eigenvalue weighted by Gasteiger charge is -2.42. The number of anilines is 1. The molecule has 11 nitrogen and oxygen atoms in total. The van der Waals surface area contributed by atoms with Crippen molar-refractivity contribution in [2.75, 3.05) is 30.8 Å². The van der Waals surface area contributed by atoms with Gasteiger partial charge in [0.15, 0.2) is 26.2 Å². The number of aromatic hydroxyl groups is 1. The van der Waals surface area contributed by atoms with Crippen LogP contribution in [0, 0.1) is 29.9 Å². The molecule has 1 aromatic carbocycles. The number of nitriles is 1. The van der Waals surface area contributed by atoms with Crippen molar-refractivity contribution in [3.8, 4) is 28.8 Å². The normalized spacial score (nSPS) is 15.2. The monoisotopic (exact) mass is 662 g/mol. The zero-order valence-electron chi connectivity index (χ0n) is 26.2. The maximum Gasteiger partial charge on any atom is 0.277 e. The first-order valence-electron chi connectivity index (χ1n) is 14.7. The van der Waals surface area contributed by atoms with Crippen molar-refractivity contribution in [3.05, 3.63) is 82.4 Å². The molecule has 1 aliphatic heterocycles. The largest absolute Gasteiger partial charge is 0.507 e. The van der Waals surface area contributed by atoms with Crippen molar-refractivity contribution in [2.24, 2.45) is 0 Å². The van der Waals surface area contributed by atoms with Crippen LogP contribution in [0.2, 0.25) is 0 Å². The maximum atomic E-state index is 16.2. The third-order valence-corrected chi connectivity index (χ3v) is 9.25. The van der Waals surface area contributed by atoms with Crippen LogP contribution in [-0.4, -0.2) is 70.8 Å². The molecule has 0 radical (unpaired) electrons. The van der Waals surface area contributed by atoms with Crippen LogP contribution in [-0.2, 0) is 14.6 Å². The molecule has 14 heteroatoms. The summed E-state index contributed by atoms with van der Waals surface area (Å²) in [7, 11) is -4.34. The van der Waals surface area contributed by atoms with Crippen molar-refractivity contribution >= 4 is 32.5 Å². The number of aryl methyl sites for hydroxylation is 1. The van der Waals surface area contributed by atoms with Gasteiger partial charge in [0.1, 0.15) is 17.3 Å². The van der Waals surface area contributed by atoms with Crippen LogP contribution in [0.4, 0.5) is 14.5 Å². The summed E-state index contributed by atoms with van der Waals surface area (Å²) in [5.41, 5.74) is -1.35. The predicted octanol–water partition coefficient (Wildman–Crippen LogP) is 4.38. The minimum Gasteiger partial charge on any atom is -0.507 e. The summed E-state index contributed by atoms with van der Waals surface area (Å²) in [6.07, 6.45) is 3.40. The number of carbonyl (C=O) groups excluding carboxylic acids is 1. The molecule has 1 N–H and O–H groups in total. The van der Waals surface area contributed by atoms with E-state index in [1.54, 1.807) is 19.2 Å². The lowest BCUT2D eigenvalue weighted by Crippen LogP contribution is -2.55. The first kappa shape index (κ1) is 33.2. The van der Waals surface area contributed by atoms with Crippen LogP contribution >= 0.6 is 0 Å². The second kappa shape index (κ2) is 12.6. The van der Waals surface area contributed by atoms with E-state index in [1.165, 1.54) is 15.9 Å². The quantitative estimate of drug-likeness (QED) is 0.285. The molecule has 1 amide bonds. The number of benzene rings is 1. The molecule has 0 saturated carbocycles. The zero-order chi connectivity index (χ0) is 34.4. The molecule has 4 aromatic rings. The number of nitrogens with zero attached hydrogens (tertiary/aromatic N) is 6. The van der Waals surface area contributed by atoms with E-state index in [9.17, 15) is 28.4 Å². The predicted molar refractivity (Wildman–Crippen MR) is 172 cm³/mol. The number of rotatable bonds is 7. The number of phenolic OH excluding ortho intramolecular Hbond substituents is 1. The topological polar surface area (TPSA) is 149 Å². The maximum absolute atomic E-state index is 16.2. The number of aromatic nitrogens is 3. The lowest BCUT2D eigenvalue weighted by molar-refractivity contribution is -0.128. The SMILES string of the molecule is C=CC(=O)N1CCN(c2c(S(C)(=O)=O)c(=O)n(-c3c(C)ccnc3C(C)C)c3nc(-c4c(O)cccc4F)c(F)cc23)C[C@@H]1CC#N. The number of carbonyl (C=O) groups is 1. The Morgan fingerprint density at radius 2 is 1.94 bits per heavy atom. The van der Waals surface area contributed by atoms with Gasteiger partial charge in [-0.15, -0.1) is 0 Å². The third kappa shape index (κ3) is 5.83. The van der Waals surface area contributed by atoms with Crippen LogP contribution in [0.25, 0.3) is 28.0 Å². The molecule has 244 valence electrons. The molecule has 47 heavy (non-hydrogen) atoms. The molecular formula is C33H32F2N6O5S. The molecule has 3 aromatic heterocycles. The van der Waals surface area contributed by atoms with E-state index in [4.69, 9.17) is 0 Å². The second-order valence-electron chi connectivity index (χ2n) is 11.6. The Labute approximate surface area is 269 Å². The summed E-state index contributed by atoms with van der Waals surface area (Å²) in [6, 6.07) is 7.33. The lowest BCUT2D eigenvalue weighted by atomic mass is 10.0. The van der Waals surface area contributed by atoms with Crippen molar-refractivity contribution < 1.29 is 27.1 Å². The Hall–Kier alpha value is -5.16. The van der Waals surface area contributed by atoms with Gasteiger partial charge in [0.2, 0.25) is 5.91 Å². The average molecular weight is 663 g/mol. The van der Waals surface area contributed by atoms with Gasteiger partial charge in [0.25, 0.3) is 5.56 Å². The smallest absolute Gasteiger partial charge is 0.277 e. The molecule has 1 aliphatic rings. The van der Waals surface area contributed by atoms with Crippen LogP contribution in [0.3, 0.4) is 0 Å². The highest BCUT2D eigenvalue weighted by Crippen LogP contribution is 2.39. The van der Waals surface area contributed by atoms with Crippen LogP contribution in [0.1, 0.15) is 37.4 Å². The number of amides is 1. The van der Waals surface area contributed by atoms with Crippen molar-refractivity contribution in [1.29, 1.82) is 5.26 Å². The summed E-state index contributed by atoms with van der Waals surface area (Å²) in [5, 5.41) is 20.0. The number of fused-ring (bicyclic) bond motifs is 1. The van der Waals surface area contributed by atoms with Crippen LogP contribution in [0.5, 0.6) is 5.75 Å². The molecule has 1 fully saturated rings. The van der Waals surface area contributed by atoms with Crippen LogP contribution in [0.15, 0.2) is 58.9 Å². The second-order valence-corrected chi connectivity index (χ2v) is 13.6. The van der Waals surface area contributed by atoms with Crippen molar-refractivity contribution in [3.63, 3.8) is 0 Å². The molecule has 0 spiro atoms. The van der Waals surface area contributed by atoms with Crippen LogP contribution < -0.4 is 10.5 Å². The summed E-state index contributed by atoms with van der Waals surface area (Å²) >= 11 is 0. The van der Waals surface area contributed by atoms with E-state index in [1.807, 2.05) is 19.9 Å². The molecule has 5 rings (SSSR count). The van der Waals surface area contributed by atoms with Gasteiger partial charge in [0, 0.05) is 37.5 Å². The summed E-state index contributed by atoms with van der Waals surface area (Å²) in [6.45, 7) is 8.87. The highest BCUT2D eigenvalue weighted by Gasteiger charge is 2.36. The fourth-order valence-corrected chi connectivity index (χ4v) is 7.05. The molecule has 0 aliphatic carbocycles. The standard InChI is InChI=1S/C33H32F2N6O5S/c1-6-25(43)40-15-14-39(17-20(40)10-12-36)30-21-16-23(35)28(26-22(34)8-7-9-24(26)42)38-32(21)41(33(44)31(30)47(5,45)46)29-19(4)11-13-37-27(29)18(2)3/h6-9,11,13,16,18,20,42H,1,10,14-15,17H2,2-5H3/t20-/m0/s1. The van der Waals surface area contributed by atoms with E-state index in [0.717, 1.165) is 35.1 Å². The van der Waals surface area contributed by atoms with E-state index in [-0.39, 0.29) is 54.4 Å². The summed E-state index contributed by atoms with van der Waals surface area (Å²) in [4.78, 5) is 38.5. The van der Waals surface area contributed by atoms with Gasteiger partial charge in [-0.2, -0.15) is 5.26 Å². The Morgan fingerprint density at radius 1 is 1.21 bits per heavy atom. The Morgan fingerprint density at radius 3 is 2.55 bits per heavy atom. The molecular weight excluding hydrogens is 630 g/mol. The summed E-state index contributed by atoms with van der Waals surface area (Å²) in [5.74, 6) is -3.35. The van der Waals surface area contributed by atoms with Gasteiger partial charge in [0.05, 0.1) is 41.2 Å². The molecule has 1 saturated heterocycles. The Bertz CT molecular complexity index is 2140. The van der Waals surface area contributed by atoms with E-state index in [2.05, 4.69) is 16.5 Å². The Kier molecular flexibility index (Phi) is 8.87. The Balaban J connectivity index is 1.97. The molecule has 1 atom stereocenters. The van der Waals surface area contributed by atoms with E-state index < -0.39 is 60.9 Å². The van der Waals surface area contributed by atoms with Crippen molar-refractivity contribution in [2.45, 2.75) is 44.0 Å². The highest BCUT2D eigenvalue weighted by molar-refractivity contribution is 7.90. The van der Waals surface area contributed by atoms with Gasteiger partial charge >= 0.3 is 0 Å². The molecule has 0 unspecified atom stereocenters. The number of pyridine rings is 3. The third-order valence-electron chi connectivity index (χ3n) is 8.14. The fourth-order valence-electron chi connectivity index (χ4n) is 6.05. The van der Waals surface area contributed by atoms with Gasteiger partial charge in [-0.3, -0.25) is 19.1 Å². The van der Waals surface area contributed by atoms with Gasteiger partial charge in [-0.25, -0.2) is 22.2 Å². The molecule has 4 heterocycles. The van der Waals surface area contributed by atoms with Gasteiger partial charge < -0.3 is 14.9 Å². The average Bonchev–Trinajstić information content (AvgIpc) is 3.00. The summed E-state index contributed by atoms with van der Waals surface area (Å²) < 4.78 is 59.4. The first-order valence-corrected chi connectivity index (χ1v) is 16.6. The van der Waals surface area contributed by atoms with E-state index >= 15 is 8.78 Å². The number of sulfone groups is 1. The highest BCUT2D eigenvalue weighted by atomic mass is 32.2. The zero-order valence-corrected chi connectivity index (χ0v) is 27.0.